The predicted molar refractivity (Wildman–Crippen MR) is 79.9 cm³/mol. The molecule has 1 aliphatic carbocycles. The Morgan fingerprint density at radius 1 is 1.23 bits per heavy atom. The first-order valence-electron chi connectivity index (χ1n) is 7.24. The number of benzene rings is 1. The molecule has 0 bridgehead atoms. The topological polar surface area (TPSA) is 76.1 Å². The van der Waals surface area contributed by atoms with Crippen molar-refractivity contribution in [3.63, 3.8) is 0 Å². The molecule has 0 aromatic heterocycles. The lowest BCUT2D eigenvalue weighted by Crippen LogP contribution is -2.32. The lowest BCUT2D eigenvalue weighted by Gasteiger charge is -2.21. The van der Waals surface area contributed by atoms with Gasteiger partial charge in [-0.3, -0.25) is 9.59 Å². The normalized spacial score (nSPS) is 19.4. The van der Waals surface area contributed by atoms with E-state index < -0.39 is 11.9 Å². The van der Waals surface area contributed by atoms with E-state index in [1.807, 2.05) is 19.1 Å². The molecular weight excluding hydrogens is 286 g/mol. The Morgan fingerprint density at radius 3 is 2.41 bits per heavy atom. The van der Waals surface area contributed by atoms with Gasteiger partial charge in [0.2, 0.25) is 5.91 Å². The van der Waals surface area contributed by atoms with E-state index in [4.69, 9.17) is 14.6 Å². The number of nitrogens with zero attached hydrogens (tertiary/aromatic N) is 1. The molecule has 0 unspecified atom stereocenters. The monoisotopic (exact) mass is 307 g/mol. The molecule has 22 heavy (non-hydrogen) atoms. The molecule has 2 rings (SSSR count). The lowest BCUT2D eigenvalue weighted by atomic mass is 10.1. The lowest BCUT2D eigenvalue weighted by molar-refractivity contribution is -0.142. The summed E-state index contributed by atoms with van der Waals surface area (Å²) in [5.41, 5.74) is 0.917. The zero-order valence-electron chi connectivity index (χ0n) is 13.0. The van der Waals surface area contributed by atoms with Gasteiger partial charge in [-0.05, 0) is 31.0 Å². The summed E-state index contributed by atoms with van der Waals surface area (Å²) in [5, 5.41) is 8.94. The molecule has 1 aromatic carbocycles. The Hall–Kier alpha value is -2.24. The van der Waals surface area contributed by atoms with Crippen molar-refractivity contribution in [1.29, 1.82) is 0 Å². The maximum Gasteiger partial charge on any atom is 0.307 e. The summed E-state index contributed by atoms with van der Waals surface area (Å²) < 4.78 is 10.4. The fraction of sp³-hybridized carbons (Fsp3) is 0.500. The number of carbonyl (C=O) groups is 2. The number of methoxy groups -OCH3 is 2. The van der Waals surface area contributed by atoms with Gasteiger partial charge in [-0.25, -0.2) is 0 Å². The quantitative estimate of drug-likeness (QED) is 0.831. The van der Waals surface area contributed by atoms with Gasteiger partial charge in [0.05, 0.1) is 26.1 Å². The highest BCUT2D eigenvalue weighted by Crippen LogP contribution is 2.40. The summed E-state index contributed by atoms with van der Waals surface area (Å²) in [5.74, 6) is -0.637. The zero-order chi connectivity index (χ0) is 16.3. The Bertz CT molecular complexity index is 572. The van der Waals surface area contributed by atoms with Crippen LogP contribution >= 0.6 is 0 Å². The Morgan fingerprint density at radius 2 is 1.91 bits per heavy atom. The van der Waals surface area contributed by atoms with Crippen LogP contribution < -0.4 is 9.47 Å². The van der Waals surface area contributed by atoms with Crippen molar-refractivity contribution in [3.05, 3.63) is 23.8 Å². The van der Waals surface area contributed by atoms with Crippen LogP contribution in [-0.4, -0.2) is 42.6 Å². The first-order chi connectivity index (χ1) is 10.5. The highest BCUT2D eigenvalue weighted by molar-refractivity contribution is 5.89. The second kappa shape index (κ2) is 6.68. The molecule has 1 saturated carbocycles. The average Bonchev–Trinajstić information content (AvgIpc) is 3.32. The summed E-state index contributed by atoms with van der Waals surface area (Å²) >= 11 is 0. The van der Waals surface area contributed by atoms with E-state index in [2.05, 4.69) is 0 Å². The molecule has 0 spiro atoms. The van der Waals surface area contributed by atoms with Gasteiger partial charge in [0.1, 0.15) is 0 Å². The Balaban J connectivity index is 2.07. The van der Waals surface area contributed by atoms with Crippen molar-refractivity contribution in [2.75, 3.05) is 20.8 Å². The molecule has 1 fully saturated rings. The highest BCUT2D eigenvalue weighted by atomic mass is 16.5. The SMILES string of the molecule is CCN(Cc1ccc(OC)c(OC)c1)C(=O)[C@H]1C[C@H]1C(=O)O. The largest absolute Gasteiger partial charge is 0.493 e. The molecule has 0 saturated heterocycles. The number of ether oxygens (including phenoxy) is 2. The van der Waals surface area contributed by atoms with Crippen LogP contribution in [0, 0.1) is 11.8 Å². The third-order valence-electron chi connectivity index (χ3n) is 3.94. The standard InChI is InChI=1S/C16H21NO5/c1-4-17(15(18)11-8-12(11)16(19)20)9-10-5-6-13(21-2)14(7-10)22-3/h5-7,11-12H,4,8-9H2,1-3H3,(H,19,20)/t11-,12+/m0/s1. The van der Waals surface area contributed by atoms with Crippen molar-refractivity contribution < 1.29 is 24.2 Å². The fourth-order valence-corrected chi connectivity index (χ4v) is 2.52. The van der Waals surface area contributed by atoms with E-state index in [-0.39, 0.29) is 11.8 Å². The number of amides is 1. The van der Waals surface area contributed by atoms with Crippen LogP contribution in [0.3, 0.4) is 0 Å². The molecule has 6 heteroatoms. The van der Waals surface area contributed by atoms with E-state index in [0.717, 1.165) is 5.56 Å². The summed E-state index contributed by atoms with van der Waals surface area (Å²) in [6.45, 7) is 2.85. The summed E-state index contributed by atoms with van der Waals surface area (Å²) in [4.78, 5) is 24.9. The summed E-state index contributed by atoms with van der Waals surface area (Å²) in [6, 6.07) is 5.50. The first kappa shape index (κ1) is 16.1. The number of carboxylic acid groups (broad SMARTS) is 1. The molecular formula is C16H21NO5. The van der Waals surface area contributed by atoms with Crippen LogP contribution in [0.25, 0.3) is 0 Å². The van der Waals surface area contributed by atoms with E-state index in [0.29, 0.717) is 31.0 Å². The Kier molecular flexibility index (Phi) is 4.90. The molecule has 0 heterocycles. The number of hydrogen-bond donors (Lipinski definition) is 1. The van der Waals surface area contributed by atoms with Crippen molar-refractivity contribution >= 4 is 11.9 Å². The summed E-state index contributed by atoms with van der Waals surface area (Å²) in [6.07, 6.45) is 0.441. The van der Waals surface area contributed by atoms with Crippen LogP contribution in [0.15, 0.2) is 18.2 Å². The van der Waals surface area contributed by atoms with Crippen molar-refractivity contribution in [2.24, 2.45) is 11.8 Å². The number of aliphatic carboxylic acids is 1. The molecule has 1 aliphatic rings. The average molecular weight is 307 g/mol. The number of carboxylic acids is 1. The zero-order valence-corrected chi connectivity index (χ0v) is 13.0. The van der Waals surface area contributed by atoms with Gasteiger partial charge < -0.3 is 19.5 Å². The van der Waals surface area contributed by atoms with Crippen molar-refractivity contribution in [1.82, 2.24) is 4.90 Å². The van der Waals surface area contributed by atoms with Gasteiger partial charge >= 0.3 is 5.97 Å². The van der Waals surface area contributed by atoms with Gasteiger partial charge in [0, 0.05) is 13.1 Å². The van der Waals surface area contributed by atoms with E-state index in [1.165, 1.54) is 0 Å². The van der Waals surface area contributed by atoms with Gasteiger partial charge in [-0.2, -0.15) is 0 Å². The number of carbonyl (C=O) groups excluding carboxylic acids is 1. The maximum atomic E-state index is 12.3. The van der Waals surface area contributed by atoms with Crippen LogP contribution in [0.1, 0.15) is 18.9 Å². The molecule has 2 atom stereocenters. The summed E-state index contributed by atoms with van der Waals surface area (Å²) in [7, 11) is 3.13. The van der Waals surface area contributed by atoms with Crippen molar-refractivity contribution in [3.8, 4) is 11.5 Å². The molecule has 1 aromatic rings. The van der Waals surface area contributed by atoms with E-state index >= 15 is 0 Å². The molecule has 1 N–H and O–H groups in total. The van der Waals surface area contributed by atoms with Crippen LogP contribution in [0.2, 0.25) is 0 Å². The van der Waals surface area contributed by atoms with Crippen LogP contribution in [-0.2, 0) is 16.1 Å². The smallest absolute Gasteiger partial charge is 0.307 e. The van der Waals surface area contributed by atoms with Gasteiger partial charge in [-0.1, -0.05) is 6.07 Å². The van der Waals surface area contributed by atoms with Crippen LogP contribution in [0.5, 0.6) is 11.5 Å². The molecule has 6 nitrogen and oxygen atoms in total. The van der Waals surface area contributed by atoms with E-state index in [9.17, 15) is 9.59 Å². The minimum atomic E-state index is -0.888. The molecule has 0 radical (unpaired) electrons. The third-order valence-corrected chi connectivity index (χ3v) is 3.94. The van der Waals surface area contributed by atoms with Crippen molar-refractivity contribution in [2.45, 2.75) is 19.9 Å². The van der Waals surface area contributed by atoms with Gasteiger partial charge in [0.15, 0.2) is 11.5 Å². The van der Waals surface area contributed by atoms with Crippen LogP contribution in [0.4, 0.5) is 0 Å². The second-order valence-corrected chi connectivity index (χ2v) is 5.33. The first-order valence-corrected chi connectivity index (χ1v) is 7.24. The second-order valence-electron chi connectivity index (χ2n) is 5.33. The van der Waals surface area contributed by atoms with Gasteiger partial charge in [-0.15, -0.1) is 0 Å². The maximum absolute atomic E-state index is 12.3. The molecule has 0 aliphatic heterocycles. The predicted octanol–water partition coefficient (Wildman–Crippen LogP) is 1.77. The number of hydrogen-bond acceptors (Lipinski definition) is 4. The molecule has 120 valence electrons. The Labute approximate surface area is 129 Å². The van der Waals surface area contributed by atoms with Gasteiger partial charge in [0.25, 0.3) is 0 Å². The fourth-order valence-electron chi connectivity index (χ4n) is 2.52. The molecule has 1 amide bonds. The minimum absolute atomic E-state index is 0.0929. The highest BCUT2D eigenvalue weighted by Gasteiger charge is 2.49. The number of rotatable bonds is 7. The minimum Gasteiger partial charge on any atom is -0.493 e. The van der Waals surface area contributed by atoms with E-state index in [1.54, 1.807) is 25.2 Å². The third kappa shape index (κ3) is 3.32.